The zero-order valence-corrected chi connectivity index (χ0v) is 22.6. The molecule has 0 amide bonds. The standard InChI is InChI=1S/C38H19N3O2/c39-20-22-10-15-35-29(17-22)30-19-24(11-16-36(30)42-35)25-12-9-23(21-40)18-33(25)41-31-7-3-1-6-28(31)37-32(41)14-13-27-26-5-2-4-8-34(26)43-38(27)37/h1-19H. The van der Waals surface area contributed by atoms with Gasteiger partial charge in [-0.15, -0.1) is 0 Å². The summed E-state index contributed by atoms with van der Waals surface area (Å²) in [5.74, 6) is 0. The lowest BCUT2D eigenvalue weighted by Gasteiger charge is -2.15. The van der Waals surface area contributed by atoms with Gasteiger partial charge in [-0.05, 0) is 72.3 Å². The molecule has 0 N–H and O–H groups in total. The quantitative estimate of drug-likeness (QED) is 0.215. The maximum atomic E-state index is 9.94. The highest BCUT2D eigenvalue weighted by atomic mass is 16.3. The Morgan fingerprint density at radius 3 is 2.07 bits per heavy atom. The van der Waals surface area contributed by atoms with E-state index in [1.165, 1.54) is 0 Å². The topological polar surface area (TPSA) is 78.8 Å². The molecule has 0 fully saturated rings. The zero-order valence-electron chi connectivity index (χ0n) is 22.6. The van der Waals surface area contributed by atoms with Gasteiger partial charge < -0.3 is 13.4 Å². The van der Waals surface area contributed by atoms with E-state index in [0.29, 0.717) is 11.1 Å². The van der Waals surface area contributed by atoms with Crippen molar-refractivity contribution in [1.82, 2.24) is 4.57 Å². The van der Waals surface area contributed by atoms with E-state index in [1.807, 2.05) is 72.8 Å². The van der Waals surface area contributed by atoms with Crippen LogP contribution in [-0.4, -0.2) is 4.57 Å². The van der Waals surface area contributed by atoms with Crippen LogP contribution in [0, 0.1) is 22.7 Å². The molecule has 43 heavy (non-hydrogen) atoms. The van der Waals surface area contributed by atoms with Gasteiger partial charge in [0.1, 0.15) is 22.3 Å². The summed E-state index contributed by atoms with van der Waals surface area (Å²) in [5.41, 5.74) is 9.23. The van der Waals surface area contributed by atoms with Crippen molar-refractivity contribution < 1.29 is 8.83 Å². The number of furan rings is 2. The van der Waals surface area contributed by atoms with Crippen molar-refractivity contribution in [2.45, 2.75) is 0 Å². The van der Waals surface area contributed by atoms with Gasteiger partial charge in [0, 0.05) is 32.5 Å². The van der Waals surface area contributed by atoms with E-state index in [4.69, 9.17) is 8.83 Å². The summed E-state index contributed by atoms with van der Waals surface area (Å²) in [7, 11) is 0. The van der Waals surface area contributed by atoms with Crippen LogP contribution in [0.15, 0.2) is 124 Å². The molecule has 3 aromatic heterocycles. The summed E-state index contributed by atoms with van der Waals surface area (Å²) in [6, 6.07) is 42.7. The normalized spacial score (nSPS) is 11.7. The van der Waals surface area contributed by atoms with Gasteiger partial charge in [-0.2, -0.15) is 10.5 Å². The van der Waals surface area contributed by atoms with Gasteiger partial charge in [0.05, 0.1) is 45.4 Å². The second-order valence-corrected chi connectivity index (χ2v) is 10.8. The first-order valence-electron chi connectivity index (χ1n) is 14.0. The minimum absolute atomic E-state index is 0.572. The summed E-state index contributed by atoms with van der Waals surface area (Å²) in [4.78, 5) is 0. The average Bonchev–Trinajstić information content (AvgIpc) is 3.73. The minimum Gasteiger partial charge on any atom is -0.456 e. The molecule has 0 unspecified atom stereocenters. The molecule has 0 bridgehead atoms. The largest absolute Gasteiger partial charge is 0.456 e. The Morgan fingerprint density at radius 2 is 1.21 bits per heavy atom. The predicted octanol–water partition coefficient (Wildman–Crippen LogP) is 9.99. The molecule has 3 heterocycles. The number of rotatable bonds is 2. The summed E-state index contributed by atoms with van der Waals surface area (Å²) < 4.78 is 14.8. The number of fused-ring (bicyclic) bond motifs is 10. The summed E-state index contributed by atoms with van der Waals surface area (Å²) >= 11 is 0. The van der Waals surface area contributed by atoms with Crippen LogP contribution in [0.25, 0.3) is 82.5 Å². The first kappa shape index (κ1) is 23.4. The highest BCUT2D eigenvalue weighted by molar-refractivity contribution is 6.24. The van der Waals surface area contributed by atoms with Gasteiger partial charge in [-0.1, -0.05) is 48.5 Å². The number of benzene rings is 6. The van der Waals surface area contributed by atoms with E-state index < -0.39 is 0 Å². The fourth-order valence-electron chi connectivity index (χ4n) is 6.54. The highest BCUT2D eigenvalue weighted by Gasteiger charge is 2.21. The van der Waals surface area contributed by atoms with Crippen molar-refractivity contribution in [3.63, 3.8) is 0 Å². The molecule has 5 heteroatoms. The van der Waals surface area contributed by atoms with E-state index in [-0.39, 0.29) is 0 Å². The third-order valence-corrected chi connectivity index (χ3v) is 8.46. The monoisotopic (exact) mass is 549 g/mol. The van der Waals surface area contributed by atoms with Crippen molar-refractivity contribution in [2.75, 3.05) is 0 Å². The van der Waals surface area contributed by atoms with Gasteiger partial charge in [-0.25, -0.2) is 0 Å². The van der Waals surface area contributed by atoms with Gasteiger partial charge in [0.2, 0.25) is 0 Å². The maximum Gasteiger partial charge on any atom is 0.145 e. The molecule has 0 aliphatic heterocycles. The van der Waals surface area contributed by atoms with Crippen molar-refractivity contribution >= 4 is 65.7 Å². The summed E-state index contributed by atoms with van der Waals surface area (Å²) in [5, 5.41) is 25.5. The molecule has 0 aliphatic rings. The van der Waals surface area contributed by atoms with Crippen LogP contribution in [-0.2, 0) is 0 Å². The van der Waals surface area contributed by atoms with E-state index in [0.717, 1.165) is 82.5 Å². The van der Waals surface area contributed by atoms with Crippen molar-refractivity contribution in [3.05, 3.63) is 126 Å². The number of para-hydroxylation sites is 2. The molecule has 6 aromatic carbocycles. The molecular weight excluding hydrogens is 530 g/mol. The molecule has 0 saturated heterocycles. The van der Waals surface area contributed by atoms with Crippen LogP contribution in [0.4, 0.5) is 0 Å². The third-order valence-electron chi connectivity index (χ3n) is 8.46. The third kappa shape index (κ3) is 3.25. The minimum atomic E-state index is 0.572. The number of hydrogen-bond acceptors (Lipinski definition) is 4. The van der Waals surface area contributed by atoms with Crippen LogP contribution >= 0.6 is 0 Å². The SMILES string of the molecule is N#Cc1ccc(-c2ccc3oc4ccc(C#N)cc4c3c2)c(-n2c3ccccc3c3c4oc5ccccc5c4ccc32)c1. The summed E-state index contributed by atoms with van der Waals surface area (Å²) in [6.07, 6.45) is 0. The first-order chi connectivity index (χ1) is 21.2. The number of hydrogen-bond donors (Lipinski definition) is 0. The average molecular weight is 550 g/mol. The fourth-order valence-corrected chi connectivity index (χ4v) is 6.54. The Hall–Kier alpha value is -6.30. The summed E-state index contributed by atoms with van der Waals surface area (Å²) in [6.45, 7) is 0. The Balaban J connectivity index is 1.38. The zero-order chi connectivity index (χ0) is 28.7. The lowest BCUT2D eigenvalue weighted by atomic mass is 9.99. The number of aromatic nitrogens is 1. The van der Waals surface area contributed by atoms with Crippen LogP contribution in [0.2, 0.25) is 0 Å². The molecule has 0 saturated carbocycles. The van der Waals surface area contributed by atoms with E-state index in [2.05, 4.69) is 53.1 Å². The first-order valence-corrected chi connectivity index (χ1v) is 14.0. The van der Waals surface area contributed by atoms with E-state index in [9.17, 15) is 10.5 Å². The Labute approximate surface area is 244 Å². The maximum absolute atomic E-state index is 9.94. The Bertz CT molecular complexity index is 2710. The molecule has 198 valence electrons. The lowest BCUT2D eigenvalue weighted by molar-refractivity contribution is 0.669. The second-order valence-electron chi connectivity index (χ2n) is 10.8. The fraction of sp³-hybridized carbons (Fsp3) is 0. The van der Waals surface area contributed by atoms with Gasteiger partial charge in [0.25, 0.3) is 0 Å². The molecule has 9 rings (SSSR count). The smallest absolute Gasteiger partial charge is 0.145 e. The number of nitriles is 2. The molecule has 5 nitrogen and oxygen atoms in total. The van der Waals surface area contributed by atoms with Gasteiger partial charge >= 0.3 is 0 Å². The van der Waals surface area contributed by atoms with Gasteiger partial charge in [0.15, 0.2) is 0 Å². The van der Waals surface area contributed by atoms with E-state index >= 15 is 0 Å². The predicted molar refractivity (Wildman–Crippen MR) is 170 cm³/mol. The van der Waals surface area contributed by atoms with Crippen LogP contribution < -0.4 is 0 Å². The van der Waals surface area contributed by atoms with Crippen LogP contribution in [0.3, 0.4) is 0 Å². The highest BCUT2D eigenvalue weighted by Crippen LogP contribution is 2.43. The molecule has 0 aliphatic carbocycles. The number of nitrogens with zero attached hydrogens (tertiary/aromatic N) is 3. The van der Waals surface area contributed by atoms with Crippen molar-refractivity contribution in [1.29, 1.82) is 10.5 Å². The van der Waals surface area contributed by atoms with Crippen molar-refractivity contribution in [2.24, 2.45) is 0 Å². The van der Waals surface area contributed by atoms with Crippen molar-refractivity contribution in [3.8, 4) is 29.0 Å². The lowest BCUT2D eigenvalue weighted by Crippen LogP contribution is -1.98. The molecule has 0 radical (unpaired) electrons. The van der Waals surface area contributed by atoms with Crippen LogP contribution in [0.1, 0.15) is 11.1 Å². The molecular formula is C38H19N3O2. The molecule has 9 aromatic rings. The van der Waals surface area contributed by atoms with E-state index in [1.54, 1.807) is 6.07 Å². The molecule has 0 spiro atoms. The van der Waals surface area contributed by atoms with Crippen LogP contribution in [0.5, 0.6) is 0 Å². The second kappa shape index (κ2) is 8.60. The molecule has 0 atom stereocenters. The Kier molecular flexibility index (Phi) is 4.68. The van der Waals surface area contributed by atoms with Gasteiger partial charge in [-0.3, -0.25) is 0 Å². The Morgan fingerprint density at radius 1 is 0.512 bits per heavy atom.